The maximum Gasteiger partial charge on any atom is 0.322 e. The number of imide groups is 1. The molecule has 0 unspecified atom stereocenters. The third-order valence-electron chi connectivity index (χ3n) is 5.47. The van der Waals surface area contributed by atoms with Gasteiger partial charge in [0.05, 0.1) is 5.52 Å². The first-order valence-corrected chi connectivity index (χ1v) is 10.1. The zero-order valence-corrected chi connectivity index (χ0v) is 16.8. The van der Waals surface area contributed by atoms with E-state index in [-0.39, 0.29) is 24.7 Å². The lowest BCUT2D eigenvalue weighted by atomic mass is 10.1. The number of carbonyl (C=O) groups is 3. The number of aromatic nitrogens is 1. The number of hydrogen-bond donors (Lipinski definition) is 3. The summed E-state index contributed by atoms with van der Waals surface area (Å²) in [5.74, 6) is -0.509. The molecule has 0 radical (unpaired) electrons. The van der Waals surface area contributed by atoms with Crippen LogP contribution in [-0.4, -0.2) is 35.0 Å². The van der Waals surface area contributed by atoms with Gasteiger partial charge < -0.3 is 15.2 Å². The van der Waals surface area contributed by atoms with Crippen LogP contribution in [0.1, 0.15) is 24.1 Å². The van der Waals surface area contributed by atoms with E-state index >= 15 is 0 Å². The normalized spacial score (nSPS) is 15.8. The van der Waals surface area contributed by atoms with Crippen molar-refractivity contribution in [2.24, 2.45) is 0 Å². The van der Waals surface area contributed by atoms with Gasteiger partial charge in [0.15, 0.2) is 0 Å². The predicted octanol–water partition coefficient (Wildman–Crippen LogP) is 2.59. The number of amides is 4. The van der Waals surface area contributed by atoms with Gasteiger partial charge in [-0.05, 0) is 43.5 Å². The number of nitrogens with one attached hydrogen (secondary N) is 3. The molecule has 3 aromatic rings. The Kier molecular flexibility index (Phi) is 5.52. The van der Waals surface area contributed by atoms with Crippen molar-refractivity contribution in [1.82, 2.24) is 20.5 Å². The number of rotatable bonds is 7. The molecule has 2 heterocycles. The Morgan fingerprint density at radius 2 is 1.80 bits per heavy atom. The fraction of sp³-hybridized carbons (Fsp3) is 0.261. The molecule has 3 N–H and O–H groups in total. The summed E-state index contributed by atoms with van der Waals surface area (Å²) in [6, 6.07) is 17.4. The molecule has 30 heavy (non-hydrogen) atoms. The summed E-state index contributed by atoms with van der Waals surface area (Å²) in [6.07, 6.45) is 1.18. The molecular formula is C23H24N4O3. The largest absolute Gasteiger partial charge is 0.356 e. The molecule has 4 amide bonds. The average Bonchev–Trinajstić information content (AvgIpc) is 3.22. The van der Waals surface area contributed by atoms with Crippen molar-refractivity contribution >= 4 is 28.7 Å². The zero-order chi connectivity index (χ0) is 21.1. The van der Waals surface area contributed by atoms with Gasteiger partial charge in [-0.15, -0.1) is 0 Å². The van der Waals surface area contributed by atoms with Gasteiger partial charge in [0.25, 0.3) is 5.91 Å². The molecule has 7 nitrogen and oxygen atoms in total. The number of benzene rings is 2. The van der Waals surface area contributed by atoms with E-state index in [0.29, 0.717) is 13.0 Å². The minimum absolute atomic E-state index is 0.131. The van der Waals surface area contributed by atoms with Crippen LogP contribution in [0.25, 0.3) is 16.6 Å². The summed E-state index contributed by atoms with van der Waals surface area (Å²) >= 11 is 0. The quantitative estimate of drug-likeness (QED) is 0.529. The first-order valence-electron chi connectivity index (χ1n) is 10.1. The molecular weight excluding hydrogens is 380 g/mol. The molecule has 1 fully saturated rings. The van der Waals surface area contributed by atoms with Crippen molar-refractivity contribution in [3.05, 3.63) is 65.9 Å². The fourth-order valence-electron chi connectivity index (χ4n) is 4.01. The number of urea groups is 1. The van der Waals surface area contributed by atoms with E-state index < -0.39 is 12.1 Å². The highest BCUT2D eigenvalue weighted by molar-refractivity contribution is 6.04. The van der Waals surface area contributed by atoms with Crippen LogP contribution in [-0.2, 0) is 16.0 Å². The summed E-state index contributed by atoms with van der Waals surface area (Å²) in [7, 11) is 0. The molecule has 1 aromatic heterocycles. The van der Waals surface area contributed by atoms with Crippen LogP contribution in [0.3, 0.4) is 0 Å². The second-order valence-corrected chi connectivity index (χ2v) is 7.41. The van der Waals surface area contributed by atoms with E-state index in [4.69, 9.17) is 0 Å². The van der Waals surface area contributed by atoms with Crippen LogP contribution in [0.15, 0.2) is 54.6 Å². The van der Waals surface area contributed by atoms with Crippen molar-refractivity contribution in [2.45, 2.75) is 32.2 Å². The summed E-state index contributed by atoms with van der Waals surface area (Å²) in [6.45, 7) is 2.61. The molecule has 1 aliphatic heterocycles. The molecule has 0 spiro atoms. The SMILES string of the molecule is Cc1c(CCNC(=O)CC[C@@H]2NC(=O)NC2=O)c2ccccc2n1-c1ccccc1. The van der Waals surface area contributed by atoms with E-state index in [1.165, 1.54) is 10.9 Å². The number of nitrogens with zero attached hydrogens (tertiary/aromatic N) is 1. The maximum atomic E-state index is 12.2. The first-order chi connectivity index (χ1) is 14.5. The minimum atomic E-state index is -0.630. The molecule has 1 saturated heterocycles. The second-order valence-electron chi connectivity index (χ2n) is 7.41. The topological polar surface area (TPSA) is 92.2 Å². The van der Waals surface area contributed by atoms with Crippen LogP contribution in [0.4, 0.5) is 4.79 Å². The molecule has 0 saturated carbocycles. The molecule has 1 atom stereocenters. The maximum absolute atomic E-state index is 12.2. The Morgan fingerprint density at radius 3 is 2.53 bits per heavy atom. The van der Waals surface area contributed by atoms with Gasteiger partial charge in [-0.2, -0.15) is 0 Å². The van der Waals surface area contributed by atoms with Crippen LogP contribution in [0.5, 0.6) is 0 Å². The van der Waals surface area contributed by atoms with Crippen LogP contribution < -0.4 is 16.0 Å². The Bertz CT molecular complexity index is 1100. The summed E-state index contributed by atoms with van der Waals surface area (Å²) in [5.41, 5.74) is 4.61. The molecule has 154 valence electrons. The van der Waals surface area contributed by atoms with Gasteiger partial charge in [-0.3, -0.25) is 14.9 Å². The Balaban J connectivity index is 1.42. The van der Waals surface area contributed by atoms with Gasteiger partial charge in [-0.25, -0.2) is 4.79 Å². The average molecular weight is 404 g/mol. The highest BCUT2D eigenvalue weighted by Gasteiger charge is 2.29. The van der Waals surface area contributed by atoms with Crippen molar-refractivity contribution in [3.63, 3.8) is 0 Å². The highest BCUT2D eigenvalue weighted by atomic mass is 16.2. The third-order valence-corrected chi connectivity index (χ3v) is 5.47. The van der Waals surface area contributed by atoms with Crippen molar-refractivity contribution in [1.29, 1.82) is 0 Å². The van der Waals surface area contributed by atoms with E-state index in [1.54, 1.807) is 0 Å². The van der Waals surface area contributed by atoms with Crippen molar-refractivity contribution in [3.8, 4) is 5.69 Å². The van der Waals surface area contributed by atoms with Crippen LogP contribution in [0, 0.1) is 6.92 Å². The van der Waals surface area contributed by atoms with Gasteiger partial charge in [0.1, 0.15) is 6.04 Å². The zero-order valence-electron chi connectivity index (χ0n) is 16.8. The molecule has 0 bridgehead atoms. The minimum Gasteiger partial charge on any atom is -0.356 e. The Morgan fingerprint density at radius 1 is 1.07 bits per heavy atom. The molecule has 4 rings (SSSR count). The van der Waals surface area contributed by atoms with Crippen molar-refractivity contribution in [2.75, 3.05) is 6.54 Å². The van der Waals surface area contributed by atoms with E-state index in [9.17, 15) is 14.4 Å². The second kappa shape index (κ2) is 8.41. The van der Waals surface area contributed by atoms with Gasteiger partial charge >= 0.3 is 6.03 Å². The molecule has 7 heteroatoms. The van der Waals surface area contributed by atoms with Crippen LogP contribution in [0.2, 0.25) is 0 Å². The summed E-state index contributed by atoms with van der Waals surface area (Å²) < 4.78 is 2.24. The van der Waals surface area contributed by atoms with Gasteiger partial charge in [0, 0.05) is 29.7 Å². The lowest BCUT2D eigenvalue weighted by Gasteiger charge is -2.10. The third kappa shape index (κ3) is 3.91. The smallest absolute Gasteiger partial charge is 0.322 e. The lowest BCUT2D eigenvalue weighted by Crippen LogP contribution is -2.32. The fourth-order valence-corrected chi connectivity index (χ4v) is 4.01. The van der Waals surface area contributed by atoms with E-state index in [0.717, 1.165) is 16.9 Å². The van der Waals surface area contributed by atoms with Crippen molar-refractivity contribution < 1.29 is 14.4 Å². The molecule has 1 aliphatic rings. The van der Waals surface area contributed by atoms with Crippen LogP contribution >= 0.6 is 0 Å². The standard InChI is InChI=1S/C23H24N4O3/c1-15-17(13-14-24-21(28)12-11-19-22(29)26-23(30)25-19)18-9-5-6-10-20(18)27(15)16-7-3-2-4-8-16/h2-10,19H,11-14H2,1H3,(H,24,28)(H2,25,26,29,30)/t19-/m0/s1. The summed E-state index contributed by atoms with van der Waals surface area (Å²) in [5, 5.41) is 8.78. The Hall–Kier alpha value is -3.61. The molecule has 2 aromatic carbocycles. The van der Waals surface area contributed by atoms with E-state index in [1.807, 2.05) is 30.3 Å². The van der Waals surface area contributed by atoms with Gasteiger partial charge in [-0.1, -0.05) is 36.4 Å². The monoisotopic (exact) mass is 404 g/mol. The van der Waals surface area contributed by atoms with E-state index in [2.05, 4.69) is 51.7 Å². The molecule has 0 aliphatic carbocycles. The lowest BCUT2D eigenvalue weighted by molar-refractivity contribution is -0.122. The number of carbonyl (C=O) groups excluding carboxylic acids is 3. The Labute approximate surface area is 174 Å². The number of para-hydroxylation sites is 2. The van der Waals surface area contributed by atoms with Gasteiger partial charge in [0.2, 0.25) is 5.91 Å². The first kappa shape index (κ1) is 19.7. The highest BCUT2D eigenvalue weighted by Crippen LogP contribution is 2.29. The number of hydrogen-bond acceptors (Lipinski definition) is 3. The predicted molar refractivity (Wildman–Crippen MR) is 114 cm³/mol. The summed E-state index contributed by atoms with van der Waals surface area (Å²) in [4.78, 5) is 34.9. The number of fused-ring (bicyclic) bond motifs is 1.